The summed E-state index contributed by atoms with van der Waals surface area (Å²) in [6.45, 7) is 0. The van der Waals surface area contributed by atoms with Crippen molar-refractivity contribution < 1.29 is 5.11 Å². The third-order valence-corrected chi connectivity index (χ3v) is 2.44. The van der Waals surface area contributed by atoms with E-state index in [4.69, 9.17) is 0 Å². The molecule has 0 radical (unpaired) electrons. The zero-order valence-electron chi connectivity index (χ0n) is 8.38. The Labute approximate surface area is 92.0 Å². The standard InChI is InChI=1S/C12H9N3O/c16-12-9-6-7-13-11(9)14-10(15-12)8-4-2-1-3-5-8/h1-7H,(H2,13,14,15,16). The van der Waals surface area contributed by atoms with E-state index in [0.717, 1.165) is 5.56 Å². The first-order valence-corrected chi connectivity index (χ1v) is 4.94. The summed E-state index contributed by atoms with van der Waals surface area (Å²) in [7, 11) is 0. The van der Waals surface area contributed by atoms with Crippen LogP contribution in [0.15, 0.2) is 42.6 Å². The van der Waals surface area contributed by atoms with Gasteiger partial charge >= 0.3 is 0 Å². The minimum Gasteiger partial charge on any atom is -0.493 e. The van der Waals surface area contributed by atoms with Crippen LogP contribution >= 0.6 is 0 Å². The van der Waals surface area contributed by atoms with E-state index in [9.17, 15) is 5.11 Å². The van der Waals surface area contributed by atoms with E-state index < -0.39 is 0 Å². The molecule has 0 aliphatic carbocycles. The van der Waals surface area contributed by atoms with Gasteiger partial charge in [-0.2, -0.15) is 4.98 Å². The molecule has 2 aliphatic heterocycles. The van der Waals surface area contributed by atoms with Crippen LogP contribution in [0, 0.1) is 0 Å². The van der Waals surface area contributed by atoms with Crippen LogP contribution in [-0.2, 0) is 0 Å². The molecule has 1 aromatic carbocycles. The van der Waals surface area contributed by atoms with Gasteiger partial charge in [0, 0.05) is 11.8 Å². The van der Waals surface area contributed by atoms with Gasteiger partial charge in [0.15, 0.2) is 0 Å². The highest BCUT2D eigenvalue weighted by molar-refractivity contribution is 5.67. The number of hydrogen-bond donors (Lipinski definition) is 2. The van der Waals surface area contributed by atoms with Gasteiger partial charge in [0.2, 0.25) is 5.88 Å². The fourth-order valence-electron chi connectivity index (χ4n) is 1.65. The number of H-pyrrole nitrogens is 1. The first-order valence-electron chi connectivity index (χ1n) is 4.94. The molecule has 0 atom stereocenters. The topological polar surface area (TPSA) is 61.8 Å². The zero-order valence-corrected chi connectivity index (χ0v) is 8.38. The molecule has 3 rings (SSSR count). The highest BCUT2D eigenvalue weighted by atomic mass is 16.3. The van der Waals surface area contributed by atoms with Gasteiger partial charge in [-0.25, -0.2) is 4.98 Å². The number of nitrogens with zero attached hydrogens (tertiary/aromatic N) is 2. The Morgan fingerprint density at radius 3 is 2.62 bits per heavy atom. The first-order chi connectivity index (χ1) is 7.84. The Balaban J connectivity index is 2.23. The lowest BCUT2D eigenvalue weighted by Gasteiger charge is -2.05. The summed E-state index contributed by atoms with van der Waals surface area (Å²) >= 11 is 0. The molecule has 0 amide bonds. The van der Waals surface area contributed by atoms with Crippen LogP contribution in [0.25, 0.3) is 22.8 Å². The number of aromatic amines is 1. The van der Waals surface area contributed by atoms with E-state index in [-0.39, 0.29) is 5.88 Å². The molecule has 16 heavy (non-hydrogen) atoms. The molecular weight excluding hydrogens is 202 g/mol. The third kappa shape index (κ3) is 1.32. The maximum absolute atomic E-state index is 9.73. The summed E-state index contributed by atoms with van der Waals surface area (Å²) < 4.78 is 0. The van der Waals surface area contributed by atoms with E-state index >= 15 is 0 Å². The van der Waals surface area contributed by atoms with Crippen molar-refractivity contribution >= 4 is 0 Å². The number of hydrogen-bond acceptors (Lipinski definition) is 3. The predicted molar refractivity (Wildman–Crippen MR) is 60.1 cm³/mol. The van der Waals surface area contributed by atoms with E-state index in [1.165, 1.54) is 0 Å². The van der Waals surface area contributed by atoms with E-state index in [2.05, 4.69) is 15.0 Å². The van der Waals surface area contributed by atoms with Crippen molar-refractivity contribution in [2.45, 2.75) is 0 Å². The lowest BCUT2D eigenvalue weighted by Crippen LogP contribution is -1.93. The van der Waals surface area contributed by atoms with Crippen molar-refractivity contribution in [2.75, 3.05) is 0 Å². The van der Waals surface area contributed by atoms with Crippen LogP contribution in [0.4, 0.5) is 0 Å². The maximum atomic E-state index is 9.73. The number of fused-ring (bicyclic) bond motifs is 1. The summed E-state index contributed by atoms with van der Waals surface area (Å²) in [5, 5.41) is 9.73. The normalized spacial score (nSPS) is 10.8. The van der Waals surface area contributed by atoms with Crippen LogP contribution in [0.1, 0.15) is 0 Å². The highest BCUT2D eigenvalue weighted by Gasteiger charge is 2.13. The van der Waals surface area contributed by atoms with Crippen molar-refractivity contribution in [3.63, 3.8) is 0 Å². The average Bonchev–Trinajstić information content (AvgIpc) is 2.79. The Kier molecular flexibility index (Phi) is 1.86. The quantitative estimate of drug-likeness (QED) is 0.649. The average molecular weight is 211 g/mol. The second-order valence-corrected chi connectivity index (χ2v) is 3.48. The summed E-state index contributed by atoms with van der Waals surface area (Å²) in [4.78, 5) is 11.3. The molecule has 2 heterocycles. The molecule has 4 nitrogen and oxygen atoms in total. The Bertz CT molecular complexity index is 589. The minimum absolute atomic E-state index is 0.00473. The highest BCUT2D eigenvalue weighted by Crippen LogP contribution is 2.29. The van der Waals surface area contributed by atoms with Gasteiger partial charge in [0.05, 0.1) is 5.56 Å². The second-order valence-electron chi connectivity index (χ2n) is 3.48. The molecule has 0 spiro atoms. The molecule has 1 aromatic rings. The largest absolute Gasteiger partial charge is 0.493 e. The van der Waals surface area contributed by atoms with Gasteiger partial charge in [-0.15, -0.1) is 0 Å². The number of nitrogens with one attached hydrogen (secondary N) is 1. The monoisotopic (exact) mass is 211 g/mol. The molecule has 0 saturated carbocycles. The SMILES string of the molecule is Oc1nc(-c2ccccc2)[nH]c2nccc1-2. The fraction of sp³-hybridized carbons (Fsp3) is 0. The summed E-state index contributed by atoms with van der Waals surface area (Å²) in [5.41, 5.74) is 1.56. The Morgan fingerprint density at radius 1 is 1.00 bits per heavy atom. The molecule has 4 heteroatoms. The summed E-state index contributed by atoms with van der Waals surface area (Å²) in [5.74, 6) is 1.26. The van der Waals surface area contributed by atoms with Crippen molar-refractivity contribution in [2.24, 2.45) is 0 Å². The molecule has 78 valence electrons. The minimum atomic E-state index is 0.00473. The number of benzene rings is 1. The van der Waals surface area contributed by atoms with Crippen molar-refractivity contribution in [3.05, 3.63) is 42.6 Å². The fourth-order valence-corrected chi connectivity index (χ4v) is 1.65. The molecule has 2 aliphatic rings. The van der Waals surface area contributed by atoms with Crippen molar-refractivity contribution in [1.29, 1.82) is 0 Å². The Hall–Kier alpha value is -2.36. The van der Waals surface area contributed by atoms with Crippen LogP contribution in [-0.4, -0.2) is 20.1 Å². The molecule has 0 aromatic heterocycles. The molecule has 0 bridgehead atoms. The molecule has 0 fully saturated rings. The molecule has 2 N–H and O–H groups in total. The summed E-state index contributed by atoms with van der Waals surface area (Å²) in [6.07, 6.45) is 1.64. The van der Waals surface area contributed by atoms with Gasteiger partial charge in [-0.3, -0.25) is 0 Å². The van der Waals surface area contributed by atoms with Crippen molar-refractivity contribution in [1.82, 2.24) is 15.0 Å². The maximum Gasteiger partial charge on any atom is 0.224 e. The predicted octanol–water partition coefficient (Wildman–Crippen LogP) is 2.28. The van der Waals surface area contributed by atoms with Gasteiger partial charge in [-0.05, 0) is 6.07 Å². The second kappa shape index (κ2) is 3.34. The molecule has 0 saturated heterocycles. The van der Waals surface area contributed by atoms with Crippen molar-refractivity contribution in [3.8, 4) is 28.7 Å². The smallest absolute Gasteiger partial charge is 0.224 e. The van der Waals surface area contributed by atoms with Gasteiger partial charge in [0.1, 0.15) is 11.6 Å². The number of rotatable bonds is 1. The van der Waals surface area contributed by atoms with Crippen LogP contribution in [0.5, 0.6) is 5.88 Å². The van der Waals surface area contributed by atoms with Crippen LogP contribution in [0.3, 0.4) is 0 Å². The van der Waals surface area contributed by atoms with Gasteiger partial charge in [-0.1, -0.05) is 30.3 Å². The number of aromatic nitrogens is 3. The third-order valence-electron chi connectivity index (χ3n) is 2.44. The first kappa shape index (κ1) is 8.91. The Morgan fingerprint density at radius 2 is 1.81 bits per heavy atom. The van der Waals surface area contributed by atoms with E-state index in [1.807, 2.05) is 30.3 Å². The van der Waals surface area contributed by atoms with Gasteiger partial charge < -0.3 is 10.1 Å². The number of aromatic hydroxyl groups is 1. The van der Waals surface area contributed by atoms with Crippen LogP contribution in [0.2, 0.25) is 0 Å². The van der Waals surface area contributed by atoms with E-state index in [0.29, 0.717) is 17.2 Å². The molecular formula is C12H9N3O. The summed E-state index contributed by atoms with van der Waals surface area (Å²) in [6, 6.07) is 11.3. The lowest BCUT2D eigenvalue weighted by atomic mass is 10.2. The lowest BCUT2D eigenvalue weighted by molar-refractivity contribution is 0.455. The zero-order chi connectivity index (χ0) is 11.0. The van der Waals surface area contributed by atoms with E-state index in [1.54, 1.807) is 12.3 Å². The van der Waals surface area contributed by atoms with Gasteiger partial charge in [0.25, 0.3) is 0 Å². The van der Waals surface area contributed by atoms with Crippen LogP contribution < -0.4 is 0 Å². The molecule has 0 unspecified atom stereocenters.